The van der Waals surface area contributed by atoms with Crippen LogP contribution in [0, 0.1) is 24.6 Å². The fraction of sp³-hybridized carbons (Fsp3) is 0.455. The molecule has 2 unspecified atom stereocenters. The molecule has 1 saturated heterocycles. The van der Waals surface area contributed by atoms with Crippen molar-refractivity contribution < 1.29 is 19.0 Å². The predicted molar refractivity (Wildman–Crippen MR) is 149 cm³/mol. The van der Waals surface area contributed by atoms with Gasteiger partial charge in [-0.25, -0.2) is 4.39 Å². The third-order valence-corrected chi connectivity index (χ3v) is 9.09. The summed E-state index contributed by atoms with van der Waals surface area (Å²) in [5, 5.41) is 9.72. The van der Waals surface area contributed by atoms with Gasteiger partial charge in [-0.3, -0.25) is 14.7 Å². The van der Waals surface area contributed by atoms with Crippen LogP contribution in [0.1, 0.15) is 79.5 Å². The van der Waals surface area contributed by atoms with E-state index in [0.29, 0.717) is 17.5 Å². The summed E-state index contributed by atoms with van der Waals surface area (Å²) in [5.74, 6) is -0.156. The number of hydrogen-bond acceptors (Lipinski definition) is 4. The number of aryl methyl sites for hydroxylation is 2. The van der Waals surface area contributed by atoms with Gasteiger partial charge in [-0.15, -0.1) is 0 Å². The van der Waals surface area contributed by atoms with Gasteiger partial charge in [-0.1, -0.05) is 37.3 Å². The fourth-order valence-corrected chi connectivity index (χ4v) is 6.39. The Bertz CT molecular complexity index is 1400. The molecule has 1 aromatic heterocycles. The standard InChI is InChI=1S/C33H37FN2O3/c1-19-14-28(29(34)17-35-19)27-10-8-24(15-26(27)18-36-13-12-20(36)2)30-11-9-22-4-7-25(16-31(22)39-30)32(23-5-6-23)21(3)33(37)38/h4,7-8,10,14-17,20-21,23,30,32H,5-6,9,11-13,18H2,1-3H3,(H,37,38)/t20?,21-,30?,32-/m0/s1. The number of carboxylic acids is 1. The van der Waals surface area contributed by atoms with Crippen LogP contribution >= 0.6 is 0 Å². The van der Waals surface area contributed by atoms with Crippen molar-refractivity contribution in [2.24, 2.45) is 11.8 Å². The van der Waals surface area contributed by atoms with Gasteiger partial charge < -0.3 is 9.84 Å². The second-order valence-corrected chi connectivity index (χ2v) is 11.8. The number of carbonyl (C=O) groups is 1. The van der Waals surface area contributed by atoms with E-state index in [-0.39, 0.29) is 17.8 Å². The molecule has 0 radical (unpaired) electrons. The van der Waals surface area contributed by atoms with Crippen molar-refractivity contribution in [3.05, 3.63) is 82.4 Å². The molecule has 2 fully saturated rings. The van der Waals surface area contributed by atoms with Crippen molar-refractivity contribution in [2.45, 2.75) is 77.5 Å². The van der Waals surface area contributed by atoms with Crippen LogP contribution in [0.25, 0.3) is 11.1 Å². The van der Waals surface area contributed by atoms with Gasteiger partial charge in [-0.05, 0) is 97.7 Å². The maximum Gasteiger partial charge on any atom is 0.306 e. The molecule has 3 aromatic rings. The molecule has 1 saturated carbocycles. The van der Waals surface area contributed by atoms with E-state index in [2.05, 4.69) is 47.1 Å². The summed E-state index contributed by atoms with van der Waals surface area (Å²) in [7, 11) is 0. The van der Waals surface area contributed by atoms with E-state index in [1.165, 1.54) is 18.2 Å². The second-order valence-electron chi connectivity index (χ2n) is 11.8. The summed E-state index contributed by atoms with van der Waals surface area (Å²) >= 11 is 0. The number of fused-ring (bicyclic) bond motifs is 1. The molecule has 3 heterocycles. The number of halogens is 1. The number of ether oxygens (including phenoxy) is 1. The summed E-state index contributed by atoms with van der Waals surface area (Å²) in [5.41, 5.74) is 6.75. The van der Waals surface area contributed by atoms with Gasteiger partial charge in [0.05, 0.1) is 12.1 Å². The molecular weight excluding hydrogens is 491 g/mol. The molecule has 0 amide bonds. The molecule has 0 spiro atoms. The molecule has 4 atom stereocenters. The normalized spacial score (nSPS) is 22.4. The Hall–Kier alpha value is -3.25. The van der Waals surface area contributed by atoms with Crippen molar-refractivity contribution in [3.8, 4) is 16.9 Å². The highest BCUT2D eigenvalue weighted by Crippen LogP contribution is 2.48. The zero-order valence-electron chi connectivity index (χ0n) is 23.0. The van der Waals surface area contributed by atoms with E-state index in [4.69, 9.17) is 4.74 Å². The lowest BCUT2D eigenvalue weighted by molar-refractivity contribution is -0.142. The minimum Gasteiger partial charge on any atom is -0.485 e. The number of hydrogen-bond donors (Lipinski definition) is 1. The molecule has 2 aromatic carbocycles. The maximum atomic E-state index is 14.9. The highest BCUT2D eigenvalue weighted by atomic mass is 19.1. The zero-order chi connectivity index (χ0) is 27.3. The molecule has 2 aliphatic heterocycles. The van der Waals surface area contributed by atoms with E-state index < -0.39 is 11.9 Å². The van der Waals surface area contributed by atoms with Crippen LogP contribution in [0.2, 0.25) is 0 Å². The topological polar surface area (TPSA) is 62.7 Å². The molecule has 39 heavy (non-hydrogen) atoms. The summed E-state index contributed by atoms with van der Waals surface area (Å²) in [6.07, 6.45) is 6.34. The second kappa shape index (κ2) is 10.4. The number of rotatable bonds is 8. The highest BCUT2D eigenvalue weighted by Gasteiger charge is 2.39. The Morgan fingerprint density at radius 1 is 1.13 bits per heavy atom. The van der Waals surface area contributed by atoms with Gasteiger partial charge in [0.15, 0.2) is 0 Å². The smallest absolute Gasteiger partial charge is 0.306 e. The number of aromatic nitrogens is 1. The predicted octanol–water partition coefficient (Wildman–Crippen LogP) is 7.07. The first kappa shape index (κ1) is 26.0. The first-order chi connectivity index (χ1) is 18.8. The van der Waals surface area contributed by atoms with E-state index in [9.17, 15) is 14.3 Å². The van der Waals surface area contributed by atoms with E-state index in [1.54, 1.807) is 0 Å². The quantitative estimate of drug-likeness (QED) is 0.339. The summed E-state index contributed by atoms with van der Waals surface area (Å²) in [4.78, 5) is 18.4. The van der Waals surface area contributed by atoms with Crippen LogP contribution in [-0.4, -0.2) is 33.5 Å². The maximum absolute atomic E-state index is 14.9. The van der Waals surface area contributed by atoms with Crippen molar-refractivity contribution in [3.63, 3.8) is 0 Å². The van der Waals surface area contributed by atoms with Gasteiger partial charge >= 0.3 is 5.97 Å². The molecule has 3 aliphatic rings. The lowest BCUT2D eigenvalue weighted by Gasteiger charge is -2.39. The molecule has 1 N–H and O–H groups in total. The summed E-state index contributed by atoms with van der Waals surface area (Å²) < 4.78 is 21.5. The average Bonchev–Trinajstić information content (AvgIpc) is 3.77. The van der Waals surface area contributed by atoms with Crippen molar-refractivity contribution in [1.29, 1.82) is 0 Å². The van der Waals surface area contributed by atoms with Crippen LogP contribution in [0.5, 0.6) is 5.75 Å². The van der Waals surface area contributed by atoms with Crippen molar-refractivity contribution >= 4 is 5.97 Å². The third kappa shape index (κ3) is 5.19. The Balaban J connectivity index is 1.31. The molecule has 0 bridgehead atoms. The van der Waals surface area contributed by atoms with Crippen molar-refractivity contribution in [2.75, 3.05) is 6.54 Å². The van der Waals surface area contributed by atoms with Crippen molar-refractivity contribution in [1.82, 2.24) is 9.88 Å². The first-order valence-electron chi connectivity index (χ1n) is 14.3. The van der Waals surface area contributed by atoms with Gasteiger partial charge in [-0.2, -0.15) is 0 Å². The summed E-state index contributed by atoms with van der Waals surface area (Å²) in [6, 6.07) is 15.0. The molecule has 1 aliphatic carbocycles. The van der Waals surface area contributed by atoms with Crippen LogP contribution in [0.3, 0.4) is 0 Å². The van der Waals surface area contributed by atoms with Crippen LogP contribution < -0.4 is 4.74 Å². The Morgan fingerprint density at radius 2 is 1.95 bits per heavy atom. The van der Waals surface area contributed by atoms with Gasteiger partial charge in [0.1, 0.15) is 17.7 Å². The van der Waals surface area contributed by atoms with Gasteiger partial charge in [0.2, 0.25) is 0 Å². The monoisotopic (exact) mass is 528 g/mol. The number of likely N-dealkylation sites (tertiary alicyclic amines) is 1. The number of pyridine rings is 1. The lowest BCUT2D eigenvalue weighted by Crippen LogP contribution is -2.44. The largest absolute Gasteiger partial charge is 0.485 e. The summed E-state index contributed by atoms with van der Waals surface area (Å²) in [6.45, 7) is 7.78. The lowest BCUT2D eigenvalue weighted by atomic mass is 9.82. The molecule has 5 nitrogen and oxygen atoms in total. The van der Waals surface area contributed by atoms with Crippen LogP contribution in [0.4, 0.5) is 4.39 Å². The molecule has 6 rings (SSSR count). The number of benzene rings is 2. The first-order valence-corrected chi connectivity index (χ1v) is 14.3. The minimum atomic E-state index is -0.742. The Labute approximate surface area is 230 Å². The van der Waals surface area contributed by atoms with Crippen LogP contribution in [0.15, 0.2) is 48.7 Å². The van der Waals surface area contributed by atoms with E-state index >= 15 is 0 Å². The highest BCUT2D eigenvalue weighted by molar-refractivity contribution is 5.71. The van der Waals surface area contributed by atoms with E-state index in [0.717, 1.165) is 72.5 Å². The average molecular weight is 529 g/mol. The molecule has 204 valence electrons. The van der Waals surface area contributed by atoms with Crippen LogP contribution in [-0.2, 0) is 17.8 Å². The number of carboxylic acid groups (broad SMARTS) is 1. The minimum absolute atomic E-state index is 0.0138. The molecular formula is C33H37FN2O3. The zero-order valence-corrected chi connectivity index (χ0v) is 23.0. The Kier molecular flexibility index (Phi) is 6.92. The number of nitrogens with zero attached hydrogens (tertiary/aromatic N) is 2. The number of aliphatic carboxylic acids is 1. The molecule has 6 heteroatoms. The van der Waals surface area contributed by atoms with Gasteiger partial charge in [0, 0.05) is 30.4 Å². The SMILES string of the molecule is Cc1cc(-c2ccc(C3CCc4ccc([C@H](C5CC5)[C@H](C)C(=O)O)cc4O3)cc2CN2CCC2C)c(F)cn1. The third-order valence-electron chi connectivity index (χ3n) is 9.09. The van der Waals surface area contributed by atoms with Gasteiger partial charge in [0.25, 0.3) is 0 Å². The fourth-order valence-electron chi connectivity index (χ4n) is 6.39. The van der Waals surface area contributed by atoms with E-state index in [1.807, 2.05) is 26.0 Å². The Morgan fingerprint density at radius 3 is 2.64 bits per heavy atom.